The van der Waals surface area contributed by atoms with E-state index in [1.165, 1.54) is 10.5 Å². The molecule has 1 aromatic heterocycles. The lowest BCUT2D eigenvalue weighted by Crippen LogP contribution is -1.90. The molecule has 0 saturated carbocycles. The smallest absolute Gasteiger partial charge is 0.0431 e. The van der Waals surface area contributed by atoms with Crippen molar-refractivity contribution in [3.63, 3.8) is 0 Å². The third-order valence-electron chi connectivity index (χ3n) is 2.22. The number of aliphatic hydroxyl groups excluding tert-OH is 1. The Morgan fingerprint density at radius 1 is 1.36 bits per heavy atom. The van der Waals surface area contributed by atoms with Gasteiger partial charge in [0.05, 0.1) is 0 Å². The standard InChI is InChI=1S/C11H17NOS/c1-9-10(2)12-6-5-11(9)14-8-4-3-7-13/h5-6,13H,3-4,7-8H2,1-2H3. The SMILES string of the molecule is Cc1nccc(SCCCCO)c1C. The summed E-state index contributed by atoms with van der Waals surface area (Å²) < 4.78 is 0. The lowest BCUT2D eigenvalue weighted by atomic mass is 10.2. The predicted molar refractivity (Wildman–Crippen MR) is 60.8 cm³/mol. The first kappa shape index (κ1) is 11.5. The zero-order valence-corrected chi connectivity index (χ0v) is 9.60. The van der Waals surface area contributed by atoms with Gasteiger partial charge in [-0.1, -0.05) is 0 Å². The number of hydrogen-bond donors (Lipinski definition) is 1. The molecule has 0 aromatic carbocycles. The van der Waals surface area contributed by atoms with Gasteiger partial charge in [-0.05, 0) is 44.1 Å². The molecule has 1 rings (SSSR count). The van der Waals surface area contributed by atoms with Crippen molar-refractivity contribution in [2.45, 2.75) is 31.6 Å². The number of rotatable bonds is 5. The maximum Gasteiger partial charge on any atom is 0.0431 e. The molecule has 0 unspecified atom stereocenters. The monoisotopic (exact) mass is 211 g/mol. The number of nitrogens with zero attached hydrogens (tertiary/aromatic N) is 1. The summed E-state index contributed by atoms with van der Waals surface area (Å²) in [6.45, 7) is 4.44. The van der Waals surface area contributed by atoms with Crippen LogP contribution < -0.4 is 0 Å². The Morgan fingerprint density at radius 2 is 2.14 bits per heavy atom. The van der Waals surface area contributed by atoms with Crippen molar-refractivity contribution in [2.24, 2.45) is 0 Å². The Morgan fingerprint density at radius 3 is 2.86 bits per heavy atom. The van der Waals surface area contributed by atoms with Crippen LogP contribution in [0.3, 0.4) is 0 Å². The number of unbranched alkanes of at least 4 members (excludes halogenated alkanes) is 1. The van der Waals surface area contributed by atoms with Crippen LogP contribution in [0.2, 0.25) is 0 Å². The van der Waals surface area contributed by atoms with E-state index < -0.39 is 0 Å². The molecule has 0 fully saturated rings. The largest absolute Gasteiger partial charge is 0.396 e. The Hall–Kier alpha value is -0.540. The van der Waals surface area contributed by atoms with Crippen molar-refractivity contribution in [2.75, 3.05) is 12.4 Å². The first-order valence-electron chi connectivity index (χ1n) is 4.91. The van der Waals surface area contributed by atoms with Crippen LogP contribution in [-0.4, -0.2) is 22.5 Å². The second-order valence-electron chi connectivity index (χ2n) is 3.30. The fourth-order valence-electron chi connectivity index (χ4n) is 1.17. The summed E-state index contributed by atoms with van der Waals surface area (Å²) in [4.78, 5) is 5.55. The molecule has 0 spiro atoms. The van der Waals surface area contributed by atoms with Gasteiger partial charge in [-0.25, -0.2) is 0 Å². The normalized spacial score (nSPS) is 10.5. The van der Waals surface area contributed by atoms with E-state index >= 15 is 0 Å². The zero-order chi connectivity index (χ0) is 10.4. The highest BCUT2D eigenvalue weighted by molar-refractivity contribution is 7.99. The highest BCUT2D eigenvalue weighted by Gasteiger charge is 2.01. The molecule has 0 aliphatic carbocycles. The average molecular weight is 211 g/mol. The molecule has 1 aromatic rings. The van der Waals surface area contributed by atoms with E-state index in [1.807, 2.05) is 24.9 Å². The maximum absolute atomic E-state index is 8.64. The van der Waals surface area contributed by atoms with Gasteiger partial charge in [-0.15, -0.1) is 11.8 Å². The first-order chi connectivity index (χ1) is 6.75. The molecule has 1 N–H and O–H groups in total. The molecule has 3 heteroatoms. The summed E-state index contributed by atoms with van der Waals surface area (Å²) in [5.41, 5.74) is 2.39. The lowest BCUT2D eigenvalue weighted by molar-refractivity contribution is 0.287. The average Bonchev–Trinajstić information content (AvgIpc) is 2.19. The Labute approximate surface area is 89.8 Å². The third kappa shape index (κ3) is 3.31. The maximum atomic E-state index is 8.64. The molecule has 0 bridgehead atoms. The van der Waals surface area contributed by atoms with Gasteiger partial charge < -0.3 is 5.11 Å². The summed E-state index contributed by atoms with van der Waals surface area (Å²) in [7, 11) is 0. The van der Waals surface area contributed by atoms with Crippen LogP contribution in [0.1, 0.15) is 24.1 Å². The van der Waals surface area contributed by atoms with Gasteiger partial charge in [0, 0.05) is 23.4 Å². The Balaban J connectivity index is 2.46. The Bertz CT molecular complexity index is 289. The van der Waals surface area contributed by atoms with Crippen LogP contribution in [0.5, 0.6) is 0 Å². The van der Waals surface area contributed by atoms with Gasteiger partial charge in [0.15, 0.2) is 0 Å². The van der Waals surface area contributed by atoms with E-state index in [-0.39, 0.29) is 0 Å². The van der Waals surface area contributed by atoms with E-state index in [4.69, 9.17) is 5.11 Å². The number of aryl methyl sites for hydroxylation is 1. The molecule has 78 valence electrons. The quantitative estimate of drug-likeness (QED) is 0.600. The number of aromatic nitrogens is 1. The second-order valence-corrected chi connectivity index (χ2v) is 4.44. The zero-order valence-electron chi connectivity index (χ0n) is 8.79. The van der Waals surface area contributed by atoms with Gasteiger partial charge >= 0.3 is 0 Å². The van der Waals surface area contributed by atoms with E-state index in [0.29, 0.717) is 6.61 Å². The summed E-state index contributed by atoms with van der Waals surface area (Å²) in [6, 6.07) is 2.06. The van der Waals surface area contributed by atoms with Crippen molar-refractivity contribution >= 4 is 11.8 Å². The fourth-order valence-corrected chi connectivity index (χ4v) is 2.26. The molecule has 1 heterocycles. The van der Waals surface area contributed by atoms with Crippen LogP contribution >= 0.6 is 11.8 Å². The predicted octanol–water partition coefficient (Wildman–Crippen LogP) is 2.56. The minimum Gasteiger partial charge on any atom is -0.396 e. The lowest BCUT2D eigenvalue weighted by Gasteiger charge is -2.06. The second kappa shape index (κ2) is 6.04. The summed E-state index contributed by atoms with van der Waals surface area (Å²) in [5.74, 6) is 1.07. The molecule has 0 radical (unpaired) electrons. The van der Waals surface area contributed by atoms with Crippen LogP contribution in [0.25, 0.3) is 0 Å². The van der Waals surface area contributed by atoms with Crippen molar-refractivity contribution in [3.8, 4) is 0 Å². The summed E-state index contributed by atoms with van der Waals surface area (Å²) in [6.07, 6.45) is 3.83. The van der Waals surface area contributed by atoms with Crippen molar-refractivity contribution < 1.29 is 5.11 Å². The van der Waals surface area contributed by atoms with E-state index in [9.17, 15) is 0 Å². The van der Waals surface area contributed by atoms with Gasteiger partial charge in [0.1, 0.15) is 0 Å². The molecule has 0 amide bonds. The van der Waals surface area contributed by atoms with E-state index in [0.717, 1.165) is 24.3 Å². The van der Waals surface area contributed by atoms with Crippen LogP contribution in [-0.2, 0) is 0 Å². The third-order valence-corrected chi connectivity index (χ3v) is 3.46. The summed E-state index contributed by atoms with van der Waals surface area (Å²) >= 11 is 1.85. The highest BCUT2D eigenvalue weighted by atomic mass is 32.2. The number of pyridine rings is 1. The van der Waals surface area contributed by atoms with Crippen molar-refractivity contribution in [1.82, 2.24) is 4.98 Å². The molecule has 0 atom stereocenters. The molecule has 0 aliphatic rings. The molecule has 14 heavy (non-hydrogen) atoms. The van der Waals surface area contributed by atoms with Crippen LogP contribution in [0, 0.1) is 13.8 Å². The van der Waals surface area contributed by atoms with Gasteiger partial charge in [-0.3, -0.25) is 4.98 Å². The van der Waals surface area contributed by atoms with Crippen LogP contribution in [0.15, 0.2) is 17.2 Å². The summed E-state index contributed by atoms with van der Waals surface area (Å²) in [5, 5.41) is 8.64. The minimum absolute atomic E-state index is 0.301. The number of hydrogen-bond acceptors (Lipinski definition) is 3. The molecule has 2 nitrogen and oxygen atoms in total. The molecule has 0 saturated heterocycles. The minimum atomic E-state index is 0.301. The Kier molecular flexibility index (Phi) is 4.98. The fraction of sp³-hybridized carbons (Fsp3) is 0.545. The molecular weight excluding hydrogens is 194 g/mol. The van der Waals surface area contributed by atoms with Gasteiger partial charge in [-0.2, -0.15) is 0 Å². The van der Waals surface area contributed by atoms with Gasteiger partial charge in [0.2, 0.25) is 0 Å². The van der Waals surface area contributed by atoms with E-state index in [1.54, 1.807) is 0 Å². The van der Waals surface area contributed by atoms with Crippen LogP contribution in [0.4, 0.5) is 0 Å². The number of thioether (sulfide) groups is 1. The highest BCUT2D eigenvalue weighted by Crippen LogP contribution is 2.23. The van der Waals surface area contributed by atoms with E-state index in [2.05, 4.69) is 18.0 Å². The topological polar surface area (TPSA) is 33.1 Å². The molecule has 0 aliphatic heterocycles. The van der Waals surface area contributed by atoms with Crippen molar-refractivity contribution in [3.05, 3.63) is 23.5 Å². The number of aliphatic hydroxyl groups is 1. The first-order valence-corrected chi connectivity index (χ1v) is 5.90. The van der Waals surface area contributed by atoms with Gasteiger partial charge in [0.25, 0.3) is 0 Å². The van der Waals surface area contributed by atoms with Crippen molar-refractivity contribution in [1.29, 1.82) is 0 Å². The molecular formula is C11H17NOS.